The number of rotatable bonds is 4. The molecule has 5 nitrogen and oxygen atoms in total. The van der Waals surface area contributed by atoms with Gasteiger partial charge in [0.05, 0.1) is 18.3 Å². The molecular weight excluding hydrogens is 333 g/mol. The normalized spacial score (nSPS) is 13.2. The molecule has 0 radical (unpaired) electrons. The zero-order valence-electron chi connectivity index (χ0n) is 13.7. The van der Waals surface area contributed by atoms with Gasteiger partial charge in [-0.15, -0.1) is 0 Å². The molecule has 2 aromatic rings. The number of benzene rings is 1. The lowest BCUT2D eigenvalue weighted by Gasteiger charge is -2.16. The Bertz CT molecular complexity index is 736. The van der Waals surface area contributed by atoms with Crippen LogP contribution < -0.4 is 11.1 Å². The summed E-state index contributed by atoms with van der Waals surface area (Å²) in [5, 5.41) is 8.73. The third kappa shape index (κ3) is 4.18. The van der Waals surface area contributed by atoms with E-state index in [1.807, 2.05) is 38.6 Å². The van der Waals surface area contributed by atoms with E-state index in [2.05, 4.69) is 15.4 Å². The highest BCUT2D eigenvalue weighted by Gasteiger charge is 2.12. The molecule has 0 saturated carbocycles. The van der Waals surface area contributed by atoms with Gasteiger partial charge in [0, 0.05) is 28.4 Å². The second-order valence-electron chi connectivity index (χ2n) is 5.51. The Kier molecular flexibility index (Phi) is 5.55. The minimum Gasteiger partial charge on any atom is -0.370 e. The number of guanidine groups is 1. The van der Waals surface area contributed by atoms with Gasteiger partial charge in [0.15, 0.2) is 5.96 Å². The van der Waals surface area contributed by atoms with Crippen LogP contribution in [0.2, 0.25) is 10.0 Å². The van der Waals surface area contributed by atoms with Crippen LogP contribution in [0.4, 0.5) is 0 Å². The predicted octanol–water partition coefficient (Wildman–Crippen LogP) is 3.51. The third-order valence-electron chi connectivity index (χ3n) is 3.86. The number of hydrogen-bond donors (Lipinski definition) is 2. The summed E-state index contributed by atoms with van der Waals surface area (Å²) in [7, 11) is 1.92. The molecule has 7 heteroatoms. The Balaban J connectivity index is 2.07. The van der Waals surface area contributed by atoms with Crippen LogP contribution in [0.25, 0.3) is 0 Å². The van der Waals surface area contributed by atoms with Crippen LogP contribution in [0.3, 0.4) is 0 Å². The largest absolute Gasteiger partial charge is 0.370 e. The average Bonchev–Trinajstić information content (AvgIpc) is 2.70. The van der Waals surface area contributed by atoms with E-state index < -0.39 is 0 Å². The first-order valence-electron chi connectivity index (χ1n) is 7.30. The highest BCUT2D eigenvalue weighted by atomic mass is 35.5. The maximum Gasteiger partial charge on any atom is 0.189 e. The van der Waals surface area contributed by atoms with Gasteiger partial charge in [-0.3, -0.25) is 4.68 Å². The molecule has 0 saturated heterocycles. The maximum absolute atomic E-state index is 6.21. The monoisotopic (exact) mass is 353 g/mol. The molecule has 0 amide bonds. The Hall–Kier alpha value is -1.72. The Labute approximate surface area is 146 Å². The van der Waals surface area contributed by atoms with Crippen molar-refractivity contribution >= 4 is 29.2 Å². The van der Waals surface area contributed by atoms with Crippen LogP contribution >= 0.6 is 23.2 Å². The summed E-state index contributed by atoms with van der Waals surface area (Å²) in [5.41, 5.74) is 10.1. The van der Waals surface area contributed by atoms with E-state index >= 15 is 0 Å². The molecule has 0 spiro atoms. The summed E-state index contributed by atoms with van der Waals surface area (Å²) in [6.07, 6.45) is 0. The number of nitrogens with zero attached hydrogens (tertiary/aromatic N) is 3. The maximum atomic E-state index is 6.21. The van der Waals surface area contributed by atoms with Gasteiger partial charge in [0.1, 0.15) is 0 Å². The molecule has 0 fully saturated rings. The van der Waals surface area contributed by atoms with Crippen LogP contribution in [-0.2, 0) is 13.6 Å². The molecule has 1 atom stereocenters. The number of aliphatic imine (C=N–C) groups is 1. The number of aryl methyl sites for hydroxylation is 2. The summed E-state index contributed by atoms with van der Waals surface area (Å²) in [5.74, 6) is 0.367. The smallest absolute Gasteiger partial charge is 0.189 e. The van der Waals surface area contributed by atoms with Crippen LogP contribution in [0, 0.1) is 13.8 Å². The Morgan fingerprint density at radius 3 is 2.65 bits per heavy atom. The van der Waals surface area contributed by atoms with Crippen LogP contribution in [0.1, 0.15) is 35.5 Å². The van der Waals surface area contributed by atoms with Crippen molar-refractivity contribution in [3.05, 3.63) is 50.8 Å². The van der Waals surface area contributed by atoms with Crippen molar-refractivity contribution in [3.8, 4) is 0 Å². The van der Waals surface area contributed by atoms with E-state index in [1.54, 1.807) is 12.1 Å². The van der Waals surface area contributed by atoms with E-state index in [-0.39, 0.29) is 6.04 Å². The van der Waals surface area contributed by atoms with E-state index in [9.17, 15) is 0 Å². The number of nitrogens with two attached hydrogens (primary N) is 1. The number of hydrogen-bond acceptors (Lipinski definition) is 2. The third-order valence-corrected chi connectivity index (χ3v) is 4.42. The average molecular weight is 354 g/mol. The lowest BCUT2D eigenvalue weighted by molar-refractivity contribution is 0.707. The SMILES string of the molecule is Cc1nn(C)c(C)c1CN=C(N)NC(C)c1ccc(Cl)cc1Cl. The van der Waals surface area contributed by atoms with Crippen LogP contribution in [0.5, 0.6) is 0 Å². The topological polar surface area (TPSA) is 68.2 Å². The first kappa shape index (κ1) is 17.6. The summed E-state index contributed by atoms with van der Waals surface area (Å²) in [6.45, 7) is 6.45. The Morgan fingerprint density at radius 2 is 2.09 bits per heavy atom. The fourth-order valence-corrected chi connectivity index (χ4v) is 2.98. The summed E-state index contributed by atoms with van der Waals surface area (Å²) >= 11 is 12.1. The van der Waals surface area contributed by atoms with Gasteiger partial charge in [-0.1, -0.05) is 29.3 Å². The fourth-order valence-electron chi connectivity index (χ4n) is 2.41. The molecule has 2 rings (SSSR count). The van der Waals surface area contributed by atoms with E-state index in [4.69, 9.17) is 28.9 Å². The quantitative estimate of drug-likeness (QED) is 0.652. The first-order valence-corrected chi connectivity index (χ1v) is 8.05. The highest BCUT2D eigenvalue weighted by Crippen LogP contribution is 2.25. The van der Waals surface area contributed by atoms with Gasteiger partial charge in [0.25, 0.3) is 0 Å². The molecule has 0 aliphatic carbocycles. The predicted molar refractivity (Wildman–Crippen MR) is 96.0 cm³/mol. The van der Waals surface area contributed by atoms with E-state index in [1.165, 1.54) is 0 Å². The van der Waals surface area contributed by atoms with Crippen LogP contribution in [-0.4, -0.2) is 15.7 Å². The minimum absolute atomic E-state index is 0.0698. The van der Waals surface area contributed by atoms with E-state index in [0.717, 1.165) is 22.5 Å². The number of nitrogens with one attached hydrogen (secondary N) is 1. The molecule has 0 aliphatic heterocycles. The van der Waals surface area contributed by atoms with Gasteiger partial charge in [-0.05, 0) is 38.5 Å². The standard InChI is InChI=1S/C16H21Cl2N5/c1-9(13-6-5-12(17)7-15(13)18)21-16(19)20-8-14-10(2)22-23(4)11(14)3/h5-7,9H,8H2,1-4H3,(H3,19,20,21). The molecule has 1 heterocycles. The van der Waals surface area contributed by atoms with Crippen molar-refractivity contribution in [2.24, 2.45) is 17.8 Å². The van der Waals surface area contributed by atoms with Crippen molar-refractivity contribution in [2.75, 3.05) is 0 Å². The van der Waals surface area contributed by atoms with Gasteiger partial charge in [0.2, 0.25) is 0 Å². The molecule has 1 unspecified atom stereocenters. The molecule has 0 bridgehead atoms. The van der Waals surface area contributed by atoms with Gasteiger partial charge >= 0.3 is 0 Å². The summed E-state index contributed by atoms with van der Waals surface area (Å²) in [4.78, 5) is 4.40. The first-order chi connectivity index (χ1) is 10.8. The second kappa shape index (κ2) is 7.23. The van der Waals surface area contributed by atoms with E-state index in [0.29, 0.717) is 22.5 Å². The molecule has 1 aromatic carbocycles. The van der Waals surface area contributed by atoms with Crippen molar-refractivity contribution < 1.29 is 0 Å². The molecular formula is C16H21Cl2N5. The molecule has 23 heavy (non-hydrogen) atoms. The second-order valence-corrected chi connectivity index (χ2v) is 6.35. The number of aromatic nitrogens is 2. The van der Waals surface area contributed by atoms with Crippen molar-refractivity contribution in [1.29, 1.82) is 0 Å². The highest BCUT2D eigenvalue weighted by molar-refractivity contribution is 6.35. The Morgan fingerprint density at radius 1 is 1.39 bits per heavy atom. The summed E-state index contributed by atoms with van der Waals surface area (Å²) in [6, 6.07) is 5.33. The minimum atomic E-state index is -0.0698. The van der Waals surface area contributed by atoms with Crippen molar-refractivity contribution in [3.63, 3.8) is 0 Å². The molecule has 0 aliphatic rings. The zero-order chi connectivity index (χ0) is 17.1. The van der Waals surface area contributed by atoms with Crippen molar-refractivity contribution in [2.45, 2.75) is 33.4 Å². The lowest BCUT2D eigenvalue weighted by Crippen LogP contribution is -2.34. The van der Waals surface area contributed by atoms with Crippen molar-refractivity contribution in [1.82, 2.24) is 15.1 Å². The lowest BCUT2D eigenvalue weighted by atomic mass is 10.1. The molecule has 124 valence electrons. The number of halogens is 2. The fraction of sp³-hybridized carbons (Fsp3) is 0.375. The zero-order valence-corrected chi connectivity index (χ0v) is 15.2. The van der Waals surface area contributed by atoms with Gasteiger partial charge in [-0.2, -0.15) is 5.10 Å². The molecule has 1 aromatic heterocycles. The molecule has 3 N–H and O–H groups in total. The van der Waals surface area contributed by atoms with Gasteiger partial charge in [-0.25, -0.2) is 4.99 Å². The van der Waals surface area contributed by atoms with Gasteiger partial charge < -0.3 is 11.1 Å². The van der Waals surface area contributed by atoms with Crippen LogP contribution in [0.15, 0.2) is 23.2 Å². The summed E-state index contributed by atoms with van der Waals surface area (Å²) < 4.78 is 1.85.